The number of thiazole rings is 1. The van der Waals surface area contributed by atoms with Crippen molar-refractivity contribution in [3.05, 3.63) is 45.7 Å². The smallest absolute Gasteiger partial charge is 0.188 e. The number of carbonyl (C=O) groups is 1. The van der Waals surface area contributed by atoms with Gasteiger partial charge in [-0.3, -0.25) is 9.78 Å². The first-order valence-electron chi connectivity index (χ1n) is 6.83. The molecular formula is C16H20N2OS. The molecular weight excluding hydrogens is 268 g/mol. The van der Waals surface area contributed by atoms with Crippen molar-refractivity contribution in [1.29, 1.82) is 0 Å². The topological polar surface area (TPSA) is 42.9 Å². The highest BCUT2D eigenvalue weighted by Crippen LogP contribution is 2.24. The second-order valence-electron chi connectivity index (χ2n) is 5.84. The molecule has 2 aromatic heterocycles. The molecule has 4 heteroatoms. The third kappa shape index (κ3) is 3.31. The highest BCUT2D eigenvalue weighted by molar-refractivity contribution is 7.09. The Hall–Kier alpha value is -1.55. The molecule has 20 heavy (non-hydrogen) atoms. The molecule has 0 aliphatic heterocycles. The minimum absolute atomic E-state index is 0.0252. The minimum Gasteiger partial charge on any atom is -0.292 e. The molecule has 0 saturated carbocycles. The fourth-order valence-corrected chi connectivity index (χ4v) is 2.95. The Bertz CT molecular complexity index is 611. The van der Waals surface area contributed by atoms with Gasteiger partial charge in [0.05, 0.1) is 12.1 Å². The zero-order valence-electron chi connectivity index (χ0n) is 12.4. The van der Waals surface area contributed by atoms with Gasteiger partial charge in [-0.1, -0.05) is 33.8 Å². The molecule has 2 aromatic rings. The summed E-state index contributed by atoms with van der Waals surface area (Å²) in [6, 6.07) is 3.83. The maximum atomic E-state index is 12.4. The maximum absolute atomic E-state index is 12.4. The summed E-state index contributed by atoms with van der Waals surface area (Å²) in [5.74, 6) is 0.0530. The highest BCUT2D eigenvalue weighted by Gasteiger charge is 2.19. The molecule has 0 radical (unpaired) electrons. The summed E-state index contributed by atoms with van der Waals surface area (Å²) in [6.45, 7) is 8.42. The van der Waals surface area contributed by atoms with Crippen LogP contribution in [0.3, 0.4) is 0 Å². The molecule has 2 heterocycles. The van der Waals surface area contributed by atoms with E-state index in [1.807, 2.05) is 24.4 Å². The van der Waals surface area contributed by atoms with Gasteiger partial charge < -0.3 is 0 Å². The van der Waals surface area contributed by atoms with E-state index in [1.165, 1.54) is 0 Å². The molecule has 0 saturated heterocycles. The van der Waals surface area contributed by atoms with Crippen LogP contribution < -0.4 is 0 Å². The first kappa shape index (κ1) is 14.9. The van der Waals surface area contributed by atoms with Crippen LogP contribution in [0.5, 0.6) is 0 Å². The summed E-state index contributed by atoms with van der Waals surface area (Å²) >= 11 is 1.55. The predicted octanol–water partition coefficient (Wildman–Crippen LogP) is 3.82. The monoisotopic (exact) mass is 288 g/mol. The lowest BCUT2D eigenvalue weighted by Gasteiger charge is -2.14. The van der Waals surface area contributed by atoms with E-state index in [1.54, 1.807) is 17.5 Å². The second-order valence-corrected chi connectivity index (χ2v) is 6.78. The van der Waals surface area contributed by atoms with Crippen LogP contribution >= 0.6 is 11.3 Å². The van der Waals surface area contributed by atoms with Crippen molar-refractivity contribution in [2.45, 2.75) is 46.0 Å². The van der Waals surface area contributed by atoms with Gasteiger partial charge in [0.25, 0.3) is 0 Å². The lowest BCUT2D eigenvalue weighted by molar-refractivity contribution is 0.0987. The van der Waals surface area contributed by atoms with Crippen molar-refractivity contribution in [2.75, 3.05) is 0 Å². The molecule has 0 fully saturated rings. The van der Waals surface area contributed by atoms with Gasteiger partial charge in [0, 0.05) is 17.0 Å². The van der Waals surface area contributed by atoms with Crippen LogP contribution in [0.2, 0.25) is 0 Å². The Morgan fingerprint density at radius 2 is 2.10 bits per heavy atom. The Morgan fingerprint density at radius 3 is 2.70 bits per heavy atom. The maximum Gasteiger partial charge on any atom is 0.188 e. The van der Waals surface area contributed by atoms with Crippen LogP contribution in [0, 0.1) is 0 Å². The number of ketones is 1. The van der Waals surface area contributed by atoms with E-state index < -0.39 is 0 Å². The quantitative estimate of drug-likeness (QED) is 0.803. The summed E-state index contributed by atoms with van der Waals surface area (Å²) < 4.78 is 0. The normalized spacial score (nSPS) is 11.6. The lowest BCUT2D eigenvalue weighted by Crippen LogP contribution is -2.13. The van der Waals surface area contributed by atoms with Crippen molar-refractivity contribution in [3.8, 4) is 0 Å². The third-order valence-corrected chi connectivity index (χ3v) is 4.02. The first-order chi connectivity index (χ1) is 9.41. The van der Waals surface area contributed by atoms with Gasteiger partial charge in [-0.25, -0.2) is 4.98 Å². The number of rotatable bonds is 4. The average molecular weight is 288 g/mol. The van der Waals surface area contributed by atoms with Crippen LogP contribution in [-0.2, 0) is 18.3 Å². The summed E-state index contributed by atoms with van der Waals surface area (Å²) in [7, 11) is 0. The zero-order chi connectivity index (χ0) is 14.8. The van der Waals surface area contributed by atoms with E-state index in [9.17, 15) is 4.79 Å². The van der Waals surface area contributed by atoms with Crippen LogP contribution in [-0.4, -0.2) is 15.8 Å². The van der Waals surface area contributed by atoms with Crippen molar-refractivity contribution < 1.29 is 4.79 Å². The molecule has 106 valence electrons. The molecule has 0 bridgehead atoms. The fourth-order valence-electron chi connectivity index (χ4n) is 1.93. The first-order valence-corrected chi connectivity index (χ1v) is 7.71. The van der Waals surface area contributed by atoms with Crippen LogP contribution in [0.1, 0.15) is 54.4 Å². The largest absolute Gasteiger partial charge is 0.292 e. The molecule has 0 atom stereocenters. The van der Waals surface area contributed by atoms with Gasteiger partial charge in [-0.2, -0.15) is 0 Å². The van der Waals surface area contributed by atoms with E-state index >= 15 is 0 Å². The van der Waals surface area contributed by atoms with Crippen LogP contribution in [0.15, 0.2) is 23.7 Å². The predicted molar refractivity (Wildman–Crippen MR) is 82.5 cm³/mol. The van der Waals surface area contributed by atoms with Gasteiger partial charge in [0.1, 0.15) is 10.7 Å². The van der Waals surface area contributed by atoms with Crippen LogP contribution in [0.25, 0.3) is 0 Å². The zero-order valence-corrected chi connectivity index (χ0v) is 13.3. The lowest BCUT2D eigenvalue weighted by atomic mass is 9.93. The molecule has 3 nitrogen and oxygen atoms in total. The van der Waals surface area contributed by atoms with E-state index in [-0.39, 0.29) is 11.2 Å². The van der Waals surface area contributed by atoms with Crippen molar-refractivity contribution in [2.24, 2.45) is 0 Å². The highest BCUT2D eigenvalue weighted by atomic mass is 32.1. The van der Waals surface area contributed by atoms with Gasteiger partial charge in [0.2, 0.25) is 0 Å². The molecule has 0 unspecified atom stereocenters. The fraction of sp³-hybridized carbons (Fsp3) is 0.438. The molecule has 0 aromatic carbocycles. The minimum atomic E-state index is 0.0252. The van der Waals surface area contributed by atoms with Gasteiger partial charge in [-0.15, -0.1) is 11.3 Å². The standard InChI is InChI=1S/C16H20N2OS/c1-5-11-7-6-8-17-15(11)12(19)9-14-18-13(10-20-14)16(2,3)4/h6-8,10H,5,9H2,1-4H3. The molecule has 0 N–H and O–H groups in total. The number of carbonyl (C=O) groups excluding carboxylic acids is 1. The third-order valence-electron chi connectivity index (χ3n) is 3.17. The van der Waals surface area contributed by atoms with Crippen molar-refractivity contribution in [1.82, 2.24) is 9.97 Å². The Balaban J connectivity index is 2.18. The van der Waals surface area contributed by atoms with Crippen LogP contribution in [0.4, 0.5) is 0 Å². The van der Waals surface area contributed by atoms with E-state index in [0.717, 1.165) is 22.7 Å². The number of hydrogen-bond donors (Lipinski definition) is 0. The van der Waals surface area contributed by atoms with E-state index in [4.69, 9.17) is 0 Å². The van der Waals surface area contributed by atoms with Gasteiger partial charge in [-0.05, 0) is 18.1 Å². The van der Waals surface area contributed by atoms with Crippen molar-refractivity contribution in [3.63, 3.8) is 0 Å². The number of aryl methyl sites for hydroxylation is 1. The molecule has 0 aliphatic rings. The number of pyridine rings is 1. The van der Waals surface area contributed by atoms with E-state index in [2.05, 4.69) is 30.7 Å². The number of Topliss-reactive ketones (excluding diaryl/α,β-unsaturated/α-hetero) is 1. The number of hydrogen-bond acceptors (Lipinski definition) is 4. The number of aromatic nitrogens is 2. The Morgan fingerprint density at radius 1 is 1.35 bits per heavy atom. The SMILES string of the molecule is CCc1cccnc1C(=O)Cc1nc(C(C)(C)C)cs1. The summed E-state index contributed by atoms with van der Waals surface area (Å²) in [5.41, 5.74) is 2.66. The second kappa shape index (κ2) is 5.83. The van der Waals surface area contributed by atoms with Gasteiger partial charge >= 0.3 is 0 Å². The Labute approximate surface area is 124 Å². The Kier molecular flexibility index (Phi) is 4.33. The number of nitrogens with zero attached hydrogens (tertiary/aromatic N) is 2. The van der Waals surface area contributed by atoms with Gasteiger partial charge in [0.15, 0.2) is 5.78 Å². The molecule has 0 spiro atoms. The molecule has 0 aliphatic carbocycles. The summed E-state index contributed by atoms with van der Waals surface area (Å²) in [4.78, 5) is 21.2. The van der Waals surface area contributed by atoms with E-state index in [0.29, 0.717) is 12.1 Å². The average Bonchev–Trinajstić information content (AvgIpc) is 2.87. The molecule has 2 rings (SSSR count). The summed E-state index contributed by atoms with van der Waals surface area (Å²) in [5, 5.41) is 2.91. The van der Waals surface area contributed by atoms with Crippen molar-refractivity contribution >= 4 is 17.1 Å². The summed E-state index contributed by atoms with van der Waals surface area (Å²) in [6.07, 6.45) is 2.83. The molecule has 0 amide bonds.